The standard InChI is InChI=1S/C21H25FN2O3/c1-21(2,3)20(26)24-11-10-23-19(25)15-7-5-6-14(12-15)17-13-16(22)8-9-18(17)27-4/h5-9,12-13H,10-11H2,1-4H3,(H,23,25)(H,24,26). The largest absolute Gasteiger partial charge is 0.496 e. The molecule has 2 rings (SSSR count). The zero-order chi connectivity index (χ0) is 20.0. The van der Waals surface area contributed by atoms with Crippen molar-refractivity contribution < 1.29 is 18.7 Å². The molecule has 27 heavy (non-hydrogen) atoms. The smallest absolute Gasteiger partial charge is 0.251 e. The Kier molecular flexibility index (Phi) is 6.55. The van der Waals surface area contributed by atoms with E-state index in [1.165, 1.54) is 19.2 Å². The highest BCUT2D eigenvalue weighted by molar-refractivity contribution is 5.95. The van der Waals surface area contributed by atoms with E-state index < -0.39 is 5.41 Å². The molecule has 0 aliphatic heterocycles. The van der Waals surface area contributed by atoms with Crippen LogP contribution in [0.4, 0.5) is 4.39 Å². The van der Waals surface area contributed by atoms with Crippen LogP contribution in [0.25, 0.3) is 11.1 Å². The molecular weight excluding hydrogens is 347 g/mol. The number of amides is 2. The van der Waals surface area contributed by atoms with Gasteiger partial charge in [-0.25, -0.2) is 4.39 Å². The van der Waals surface area contributed by atoms with Crippen LogP contribution in [0.5, 0.6) is 5.75 Å². The molecule has 2 aromatic carbocycles. The van der Waals surface area contributed by atoms with Gasteiger partial charge in [-0.3, -0.25) is 9.59 Å². The highest BCUT2D eigenvalue weighted by atomic mass is 19.1. The molecule has 0 aliphatic rings. The van der Waals surface area contributed by atoms with E-state index in [1.54, 1.807) is 30.3 Å². The predicted molar refractivity (Wildman–Crippen MR) is 103 cm³/mol. The number of ether oxygens (including phenoxy) is 1. The number of hydrogen-bond donors (Lipinski definition) is 2. The summed E-state index contributed by atoms with van der Waals surface area (Å²) in [5.74, 6) is -0.191. The first-order chi connectivity index (χ1) is 12.7. The third-order valence-corrected chi connectivity index (χ3v) is 3.97. The van der Waals surface area contributed by atoms with Gasteiger partial charge in [0, 0.05) is 29.6 Å². The minimum atomic E-state index is -0.470. The summed E-state index contributed by atoms with van der Waals surface area (Å²) in [6, 6.07) is 11.1. The summed E-state index contributed by atoms with van der Waals surface area (Å²) in [6.45, 7) is 6.14. The maximum Gasteiger partial charge on any atom is 0.251 e. The molecular formula is C21H25FN2O3. The Labute approximate surface area is 158 Å². The first-order valence-electron chi connectivity index (χ1n) is 8.73. The Morgan fingerprint density at radius 2 is 1.74 bits per heavy atom. The first-order valence-corrected chi connectivity index (χ1v) is 8.73. The number of rotatable bonds is 6. The number of halogens is 1. The fourth-order valence-corrected chi connectivity index (χ4v) is 2.45. The van der Waals surface area contributed by atoms with Crippen molar-refractivity contribution in [3.05, 3.63) is 53.8 Å². The highest BCUT2D eigenvalue weighted by Gasteiger charge is 2.20. The van der Waals surface area contributed by atoms with Crippen molar-refractivity contribution in [2.45, 2.75) is 20.8 Å². The van der Waals surface area contributed by atoms with Gasteiger partial charge < -0.3 is 15.4 Å². The van der Waals surface area contributed by atoms with E-state index in [4.69, 9.17) is 4.74 Å². The molecule has 0 atom stereocenters. The number of nitrogens with one attached hydrogen (secondary N) is 2. The average molecular weight is 372 g/mol. The number of carbonyl (C=O) groups excluding carboxylic acids is 2. The Hall–Kier alpha value is -2.89. The predicted octanol–water partition coefficient (Wildman–Crippen LogP) is 3.39. The molecule has 0 fully saturated rings. The normalized spacial score (nSPS) is 11.0. The summed E-state index contributed by atoms with van der Waals surface area (Å²) in [7, 11) is 1.51. The Balaban J connectivity index is 2.04. The van der Waals surface area contributed by atoms with Crippen molar-refractivity contribution >= 4 is 11.8 Å². The van der Waals surface area contributed by atoms with Crippen LogP contribution < -0.4 is 15.4 Å². The van der Waals surface area contributed by atoms with Crippen LogP contribution in [0, 0.1) is 11.2 Å². The molecule has 0 radical (unpaired) electrons. The summed E-state index contributed by atoms with van der Waals surface area (Å²) >= 11 is 0. The quantitative estimate of drug-likeness (QED) is 0.764. The van der Waals surface area contributed by atoms with E-state index in [1.807, 2.05) is 20.8 Å². The fraction of sp³-hybridized carbons (Fsp3) is 0.333. The molecule has 6 heteroatoms. The van der Waals surface area contributed by atoms with Crippen LogP contribution >= 0.6 is 0 Å². The molecule has 144 valence electrons. The van der Waals surface area contributed by atoms with Crippen molar-refractivity contribution in [1.29, 1.82) is 0 Å². The summed E-state index contributed by atoms with van der Waals surface area (Å²) in [5, 5.41) is 5.54. The van der Waals surface area contributed by atoms with E-state index >= 15 is 0 Å². The van der Waals surface area contributed by atoms with Crippen molar-refractivity contribution in [3.63, 3.8) is 0 Å². The van der Waals surface area contributed by atoms with Crippen LogP contribution in [0.2, 0.25) is 0 Å². The van der Waals surface area contributed by atoms with E-state index in [0.29, 0.717) is 35.5 Å². The lowest BCUT2D eigenvalue weighted by atomic mass is 9.96. The van der Waals surface area contributed by atoms with Gasteiger partial charge in [-0.1, -0.05) is 32.9 Å². The lowest BCUT2D eigenvalue weighted by molar-refractivity contribution is -0.128. The number of methoxy groups -OCH3 is 1. The zero-order valence-electron chi connectivity index (χ0n) is 16.1. The van der Waals surface area contributed by atoms with E-state index in [0.717, 1.165) is 0 Å². The van der Waals surface area contributed by atoms with Gasteiger partial charge >= 0.3 is 0 Å². The summed E-state index contributed by atoms with van der Waals surface area (Å²) in [5.41, 5.74) is 1.23. The summed E-state index contributed by atoms with van der Waals surface area (Å²) < 4.78 is 18.9. The lowest BCUT2D eigenvalue weighted by Gasteiger charge is -2.17. The Morgan fingerprint density at radius 1 is 1.04 bits per heavy atom. The van der Waals surface area contributed by atoms with E-state index in [-0.39, 0.29) is 17.6 Å². The average Bonchev–Trinajstić information content (AvgIpc) is 2.64. The Bertz CT molecular complexity index is 828. The van der Waals surface area contributed by atoms with Gasteiger partial charge in [0.1, 0.15) is 11.6 Å². The van der Waals surface area contributed by atoms with E-state index in [9.17, 15) is 14.0 Å². The Morgan fingerprint density at radius 3 is 2.41 bits per heavy atom. The second-order valence-electron chi connectivity index (χ2n) is 7.19. The summed E-state index contributed by atoms with van der Waals surface area (Å²) in [4.78, 5) is 24.2. The number of benzene rings is 2. The van der Waals surface area contributed by atoms with Crippen LogP contribution in [-0.4, -0.2) is 32.0 Å². The molecule has 0 saturated heterocycles. The van der Waals surface area contributed by atoms with Crippen LogP contribution in [0.15, 0.2) is 42.5 Å². The van der Waals surface area contributed by atoms with E-state index in [2.05, 4.69) is 10.6 Å². The third kappa shape index (κ3) is 5.54. The number of carbonyl (C=O) groups is 2. The maximum absolute atomic E-state index is 13.6. The second-order valence-corrected chi connectivity index (χ2v) is 7.19. The highest BCUT2D eigenvalue weighted by Crippen LogP contribution is 2.31. The molecule has 2 aromatic rings. The maximum atomic E-state index is 13.6. The van der Waals surface area contributed by atoms with Crippen LogP contribution in [0.1, 0.15) is 31.1 Å². The van der Waals surface area contributed by atoms with Crippen molar-refractivity contribution in [2.75, 3.05) is 20.2 Å². The topological polar surface area (TPSA) is 67.4 Å². The molecule has 0 heterocycles. The molecule has 5 nitrogen and oxygen atoms in total. The first kappa shape index (κ1) is 20.4. The van der Waals surface area contributed by atoms with Gasteiger partial charge in [0.15, 0.2) is 0 Å². The zero-order valence-corrected chi connectivity index (χ0v) is 16.1. The molecule has 0 unspecified atom stereocenters. The van der Waals surface area contributed by atoms with Gasteiger partial charge in [-0.05, 0) is 35.9 Å². The minimum absolute atomic E-state index is 0.0723. The SMILES string of the molecule is COc1ccc(F)cc1-c1cccc(C(=O)NCCNC(=O)C(C)(C)C)c1. The van der Waals surface area contributed by atoms with Crippen LogP contribution in [0.3, 0.4) is 0 Å². The molecule has 0 aromatic heterocycles. The van der Waals surface area contributed by atoms with Gasteiger partial charge in [0.05, 0.1) is 7.11 Å². The van der Waals surface area contributed by atoms with Crippen molar-refractivity contribution in [1.82, 2.24) is 10.6 Å². The molecule has 2 N–H and O–H groups in total. The summed E-state index contributed by atoms with van der Waals surface area (Å²) in [6.07, 6.45) is 0. The van der Waals surface area contributed by atoms with Gasteiger partial charge in [0.25, 0.3) is 5.91 Å². The molecule has 0 saturated carbocycles. The number of hydrogen-bond acceptors (Lipinski definition) is 3. The lowest BCUT2D eigenvalue weighted by Crippen LogP contribution is -2.39. The fourth-order valence-electron chi connectivity index (χ4n) is 2.45. The third-order valence-electron chi connectivity index (χ3n) is 3.97. The molecule has 0 aliphatic carbocycles. The molecule has 2 amide bonds. The van der Waals surface area contributed by atoms with Gasteiger partial charge in [-0.15, -0.1) is 0 Å². The van der Waals surface area contributed by atoms with Crippen LogP contribution in [-0.2, 0) is 4.79 Å². The second kappa shape index (κ2) is 8.66. The van der Waals surface area contributed by atoms with Crippen molar-refractivity contribution in [3.8, 4) is 16.9 Å². The van der Waals surface area contributed by atoms with Gasteiger partial charge in [0.2, 0.25) is 5.91 Å². The van der Waals surface area contributed by atoms with Gasteiger partial charge in [-0.2, -0.15) is 0 Å². The molecule has 0 bridgehead atoms. The monoisotopic (exact) mass is 372 g/mol. The minimum Gasteiger partial charge on any atom is -0.496 e. The molecule has 0 spiro atoms. The van der Waals surface area contributed by atoms with Crippen molar-refractivity contribution in [2.24, 2.45) is 5.41 Å².